The van der Waals surface area contributed by atoms with Crippen LogP contribution in [0.1, 0.15) is 26.5 Å². The van der Waals surface area contributed by atoms with Gasteiger partial charge in [-0.1, -0.05) is 0 Å². The number of carbonyl (C=O) groups excluding carboxylic acids is 1. The molecule has 0 bridgehead atoms. The molecule has 21 heavy (non-hydrogen) atoms. The fourth-order valence-electron chi connectivity index (χ4n) is 1.50. The van der Waals surface area contributed by atoms with Crippen LogP contribution in [-0.4, -0.2) is 17.0 Å². The lowest BCUT2D eigenvalue weighted by Gasteiger charge is -2.08. The highest BCUT2D eigenvalue weighted by atomic mass is 19.4. The Hall–Kier alpha value is -2.77. The number of hydrogen-bond acceptors (Lipinski definition) is 3. The molecule has 1 amide bonds. The van der Waals surface area contributed by atoms with E-state index in [1.807, 2.05) is 0 Å². The first kappa shape index (κ1) is 14.6. The summed E-state index contributed by atoms with van der Waals surface area (Å²) in [6, 6.07) is 4.83. The number of furan rings is 1. The Kier molecular flexibility index (Phi) is 3.70. The minimum atomic E-state index is -4.46. The van der Waals surface area contributed by atoms with E-state index in [4.69, 9.17) is 9.52 Å². The molecule has 0 saturated heterocycles. The van der Waals surface area contributed by atoms with E-state index in [0.717, 1.165) is 36.6 Å². The third-order valence-corrected chi connectivity index (χ3v) is 2.54. The number of benzene rings is 1. The minimum Gasteiger partial charge on any atom is -0.478 e. The lowest BCUT2D eigenvalue weighted by molar-refractivity contribution is -0.137. The molecular formula is C13H8F3NO4. The zero-order valence-electron chi connectivity index (χ0n) is 10.3. The van der Waals surface area contributed by atoms with E-state index >= 15 is 0 Å². The zero-order chi connectivity index (χ0) is 15.6. The van der Waals surface area contributed by atoms with E-state index < -0.39 is 23.6 Å². The summed E-state index contributed by atoms with van der Waals surface area (Å²) < 4.78 is 41.9. The van der Waals surface area contributed by atoms with Crippen LogP contribution in [0.25, 0.3) is 0 Å². The number of alkyl halides is 3. The van der Waals surface area contributed by atoms with E-state index in [9.17, 15) is 22.8 Å². The largest absolute Gasteiger partial charge is 0.478 e. The lowest BCUT2D eigenvalue weighted by atomic mass is 10.2. The average Bonchev–Trinajstić information content (AvgIpc) is 2.88. The van der Waals surface area contributed by atoms with Crippen molar-refractivity contribution in [2.75, 3.05) is 5.32 Å². The monoisotopic (exact) mass is 299 g/mol. The number of carboxylic acid groups (broad SMARTS) is 1. The van der Waals surface area contributed by atoms with Crippen LogP contribution >= 0.6 is 0 Å². The third-order valence-electron chi connectivity index (χ3n) is 2.54. The SMILES string of the molecule is O=C(O)c1coc(C(=O)Nc2ccc(C(F)(F)F)cc2)c1. The van der Waals surface area contributed by atoms with Crippen LogP contribution in [0.15, 0.2) is 41.0 Å². The third kappa shape index (κ3) is 3.41. The van der Waals surface area contributed by atoms with E-state index in [-0.39, 0.29) is 17.0 Å². The Bertz CT molecular complexity index is 673. The quantitative estimate of drug-likeness (QED) is 0.911. The molecule has 0 aliphatic rings. The van der Waals surface area contributed by atoms with Gasteiger partial charge in [0.15, 0.2) is 5.76 Å². The Morgan fingerprint density at radius 2 is 1.76 bits per heavy atom. The fourth-order valence-corrected chi connectivity index (χ4v) is 1.50. The second kappa shape index (κ2) is 5.31. The van der Waals surface area contributed by atoms with Crippen molar-refractivity contribution in [1.29, 1.82) is 0 Å². The van der Waals surface area contributed by atoms with E-state index in [2.05, 4.69) is 5.32 Å². The number of amides is 1. The smallest absolute Gasteiger partial charge is 0.416 e. The highest BCUT2D eigenvalue weighted by Crippen LogP contribution is 2.29. The molecule has 2 rings (SSSR count). The summed E-state index contributed by atoms with van der Waals surface area (Å²) in [6.45, 7) is 0. The molecule has 2 N–H and O–H groups in total. The molecule has 8 heteroatoms. The summed E-state index contributed by atoms with van der Waals surface area (Å²) in [5, 5.41) is 11.0. The molecule has 0 saturated carbocycles. The molecule has 0 atom stereocenters. The highest BCUT2D eigenvalue weighted by molar-refractivity contribution is 6.03. The van der Waals surface area contributed by atoms with Gasteiger partial charge in [0, 0.05) is 11.8 Å². The molecule has 1 heterocycles. The molecule has 110 valence electrons. The Morgan fingerprint density at radius 1 is 1.14 bits per heavy atom. The molecule has 0 radical (unpaired) electrons. The first-order chi connectivity index (χ1) is 9.77. The molecule has 1 aromatic carbocycles. The average molecular weight is 299 g/mol. The van der Waals surface area contributed by atoms with Crippen LogP contribution in [0.3, 0.4) is 0 Å². The van der Waals surface area contributed by atoms with E-state index in [0.29, 0.717) is 0 Å². The lowest BCUT2D eigenvalue weighted by Crippen LogP contribution is -2.11. The van der Waals surface area contributed by atoms with Crippen LogP contribution < -0.4 is 5.32 Å². The Labute approximate surface area is 116 Å². The van der Waals surface area contributed by atoms with Crippen LogP contribution in [0, 0.1) is 0 Å². The van der Waals surface area contributed by atoms with Gasteiger partial charge < -0.3 is 14.8 Å². The van der Waals surface area contributed by atoms with Crippen LogP contribution in [-0.2, 0) is 6.18 Å². The normalized spacial score (nSPS) is 11.2. The molecule has 0 unspecified atom stereocenters. The maximum Gasteiger partial charge on any atom is 0.416 e. The summed E-state index contributed by atoms with van der Waals surface area (Å²) >= 11 is 0. The van der Waals surface area contributed by atoms with Crippen molar-refractivity contribution in [2.24, 2.45) is 0 Å². The number of hydrogen-bond donors (Lipinski definition) is 2. The number of carbonyl (C=O) groups is 2. The van der Waals surface area contributed by atoms with Gasteiger partial charge >= 0.3 is 12.1 Å². The van der Waals surface area contributed by atoms with Gasteiger partial charge in [-0.2, -0.15) is 13.2 Å². The molecular weight excluding hydrogens is 291 g/mol. The number of nitrogens with one attached hydrogen (secondary N) is 1. The minimum absolute atomic E-state index is 0.126. The van der Waals surface area contributed by atoms with E-state index in [1.165, 1.54) is 0 Å². The Morgan fingerprint density at radius 3 is 2.24 bits per heavy atom. The number of aromatic carboxylic acids is 1. The summed E-state index contributed by atoms with van der Waals surface area (Å²) in [5.74, 6) is -2.28. The summed E-state index contributed by atoms with van der Waals surface area (Å²) in [7, 11) is 0. The standard InChI is InChI=1S/C13H8F3NO4/c14-13(15,16)8-1-3-9(4-2-8)17-11(18)10-5-7(6-21-10)12(19)20/h1-6H,(H,17,18)(H,19,20). The second-order valence-corrected chi connectivity index (χ2v) is 4.03. The molecule has 0 fully saturated rings. The zero-order valence-corrected chi connectivity index (χ0v) is 10.3. The molecule has 0 aliphatic heterocycles. The van der Waals surface area contributed by atoms with Crippen molar-refractivity contribution in [2.45, 2.75) is 6.18 Å². The predicted octanol–water partition coefficient (Wildman–Crippen LogP) is 3.25. The number of halogens is 3. The van der Waals surface area contributed by atoms with Gasteiger partial charge in [0.05, 0.1) is 11.1 Å². The number of anilines is 1. The van der Waals surface area contributed by atoms with Crippen molar-refractivity contribution in [3.63, 3.8) is 0 Å². The summed E-state index contributed by atoms with van der Waals surface area (Å²) in [6.07, 6.45) is -3.57. The van der Waals surface area contributed by atoms with Gasteiger partial charge in [-0.3, -0.25) is 4.79 Å². The predicted molar refractivity (Wildman–Crippen MR) is 65.1 cm³/mol. The van der Waals surface area contributed by atoms with Gasteiger partial charge in [0.1, 0.15) is 6.26 Å². The summed E-state index contributed by atoms with van der Waals surface area (Å²) in [4.78, 5) is 22.3. The number of rotatable bonds is 3. The molecule has 5 nitrogen and oxygen atoms in total. The van der Waals surface area contributed by atoms with Crippen molar-refractivity contribution in [3.8, 4) is 0 Å². The Balaban J connectivity index is 2.10. The maximum absolute atomic E-state index is 12.4. The molecule has 2 aromatic rings. The summed E-state index contributed by atoms with van der Waals surface area (Å²) in [5.41, 5.74) is -0.916. The number of carboxylic acids is 1. The van der Waals surface area contributed by atoms with Crippen LogP contribution in [0.4, 0.5) is 18.9 Å². The van der Waals surface area contributed by atoms with Crippen molar-refractivity contribution < 1.29 is 32.3 Å². The first-order valence-corrected chi connectivity index (χ1v) is 5.58. The maximum atomic E-state index is 12.4. The van der Waals surface area contributed by atoms with Crippen molar-refractivity contribution >= 4 is 17.6 Å². The van der Waals surface area contributed by atoms with Gasteiger partial charge in [-0.15, -0.1) is 0 Å². The molecule has 1 aromatic heterocycles. The topological polar surface area (TPSA) is 79.5 Å². The van der Waals surface area contributed by atoms with E-state index in [1.54, 1.807) is 0 Å². The van der Waals surface area contributed by atoms with Gasteiger partial charge in [-0.05, 0) is 24.3 Å². The first-order valence-electron chi connectivity index (χ1n) is 5.58. The van der Waals surface area contributed by atoms with Crippen molar-refractivity contribution in [3.05, 3.63) is 53.5 Å². The van der Waals surface area contributed by atoms with Crippen LogP contribution in [0.5, 0.6) is 0 Å². The van der Waals surface area contributed by atoms with Crippen molar-refractivity contribution in [1.82, 2.24) is 0 Å². The highest BCUT2D eigenvalue weighted by Gasteiger charge is 2.30. The molecule has 0 spiro atoms. The molecule has 0 aliphatic carbocycles. The fraction of sp³-hybridized carbons (Fsp3) is 0.0769. The van der Waals surface area contributed by atoms with Gasteiger partial charge in [0.2, 0.25) is 0 Å². The van der Waals surface area contributed by atoms with Gasteiger partial charge in [-0.25, -0.2) is 4.79 Å². The van der Waals surface area contributed by atoms with Crippen LogP contribution in [0.2, 0.25) is 0 Å². The second-order valence-electron chi connectivity index (χ2n) is 4.03. The van der Waals surface area contributed by atoms with Gasteiger partial charge in [0.25, 0.3) is 5.91 Å².